The van der Waals surface area contributed by atoms with Gasteiger partial charge in [0.15, 0.2) is 0 Å². The van der Waals surface area contributed by atoms with Gasteiger partial charge in [0, 0.05) is 28.5 Å². The predicted molar refractivity (Wildman–Crippen MR) is 93.8 cm³/mol. The number of carbonyl (C=O) groups is 1. The lowest BCUT2D eigenvalue weighted by Gasteiger charge is -2.23. The maximum Gasteiger partial charge on any atom is 0.226 e. The summed E-state index contributed by atoms with van der Waals surface area (Å²) in [6.45, 7) is 4.26. The first-order chi connectivity index (χ1) is 12.0. The Morgan fingerprint density at radius 2 is 2.16 bits per heavy atom. The topological polar surface area (TPSA) is 73.0 Å². The Balaban J connectivity index is 1.76. The van der Waals surface area contributed by atoms with Crippen molar-refractivity contribution < 1.29 is 9.32 Å². The number of nitrogens with one attached hydrogen (secondary N) is 1. The smallest absolute Gasteiger partial charge is 0.226 e. The summed E-state index contributed by atoms with van der Waals surface area (Å²) in [7, 11) is 0. The molecule has 0 saturated carbocycles. The first-order valence-electron chi connectivity index (χ1n) is 8.06. The maximum absolute atomic E-state index is 12.3. The van der Waals surface area contributed by atoms with Crippen LogP contribution in [0.3, 0.4) is 0 Å². The molecule has 2 aromatic heterocycles. The number of halogens is 1. The normalized spacial score (nSPS) is 16.6. The zero-order valence-corrected chi connectivity index (χ0v) is 14.7. The zero-order valence-electron chi connectivity index (χ0n) is 13.9. The summed E-state index contributed by atoms with van der Waals surface area (Å²) in [4.78, 5) is 12.3. The van der Waals surface area contributed by atoms with E-state index in [1.165, 1.54) is 0 Å². The number of rotatable bonds is 3. The molecule has 25 heavy (non-hydrogen) atoms. The highest BCUT2D eigenvalue weighted by atomic mass is 35.5. The number of nitrogens with zero attached hydrogens (tertiary/aromatic N) is 3. The van der Waals surface area contributed by atoms with Gasteiger partial charge in [0.25, 0.3) is 0 Å². The number of fused-ring (bicyclic) bond motifs is 1. The molecular formula is C18H17ClN4O2. The second-order valence-electron chi connectivity index (χ2n) is 6.24. The van der Waals surface area contributed by atoms with Gasteiger partial charge in [-0.15, -0.1) is 0 Å². The molecule has 1 aliphatic rings. The highest BCUT2D eigenvalue weighted by molar-refractivity contribution is 6.31. The average Bonchev–Trinajstić information content (AvgIpc) is 3.13. The van der Waals surface area contributed by atoms with E-state index >= 15 is 0 Å². The van der Waals surface area contributed by atoms with Crippen molar-refractivity contribution in [3.05, 3.63) is 63.6 Å². The fraction of sp³-hybridized carbons (Fsp3) is 0.278. The molecule has 3 aromatic rings. The Kier molecular flexibility index (Phi) is 3.84. The van der Waals surface area contributed by atoms with E-state index in [1.54, 1.807) is 4.68 Å². The molecular weight excluding hydrogens is 340 g/mol. The summed E-state index contributed by atoms with van der Waals surface area (Å²) >= 11 is 6.26. The Labute approximate surface area is 149 Å². The first-order valence-corrected chi connectivity index (χ1v) is 8.44. The Morgan fingerprint density at radius 1 is 1.36 bits per heavy atom. The molecule has 1 aliphatic heterocycles. The summed E-state index contributed by atoms with van der Waals surface area (Å²) in [6, 6.07) is 7.62. The standard InChI is InChI=1S/C18H17ClN4O2/c1-10-17(11(2)25-22-10)13-7-16(24)21-18-14(13)8-20-23(18)9-12-5-3-4-6-15(12)19/h3-6,8,13H,7,9H2,1-2H3,(H,21,24)/t13-/m1/s1. The molecule has 1 N–H and O–H groups in total. The van der Waals surface area contributed by atoms with Gasteiger partial charge in [0.1, 0.15) is 11.6 Å². The largest absolute Gasteiger partial charge is 0.361 e. The number of amides is 1. The fourth-order valence-corrected chi connectivity index (χ4v) is 3.62. The van der Waals surface area contributed by atoms with Gasteiger partial charge in [-0.05, 0) is 25.5 Å². The number of hydrogen-bond acceptors (Lipinski definition) is 4. The number of hydrogen-bond donors (Lipinski definition) is 1. The van der Waals surface area contributed by atoms with E-state index in [2.05, 4.69) is 15.6 Å². The predicted octanol–water partition coefficient (Wildman–Crippen LogP) is 3.66. The van der Waals surface area contributed by atoms with Gasteiger partial charge in [0.2, 0.25) is 5.91 Å². The minimum Gasteiger partial charge on any atom is -0.361 e. The highest BCUT2D eigenvalue weighted by Gasteiger charge is 2.33. The van der Waals surface area contributed by atoms with Crippen LogP contribution in [0.25, 0.3) is 0 Å². The van der Waals surface area contributed by atoms with E-state index in [1.807, 2.05) is 44.3 Å². The molecule has 6 nitrogen and oxygen atoms in total. The Hall–Kier alpha value is -2.60. The van der Waals surface area contributed by atoms with Crippen molar-refractivity contribution in [3.63, 3.8) is 0 Å². The first kappa shape index (κ1) is 15.9. The van der Waals surface area contributed by atoms with Crippen LogP contribution in [0.4, 0.5) is 5.82 Å². The molecule has 0 fully saturated rings. The lowest BCUT2D eigenvalue weighted by atomic mass is 9.86. The monoisotopic (exact) mass is 356 g/mol. The van der Waals surface area contributed by atoms with Crippen LogP contribution >= 0.6 is 11.6 Å². The quantitative estimate of drug-likeness (QED) is 0.777. The lowest BCUT2D eigenvalue weighted by Crippen LogP contribution is -2.25. The molecule has 1 amide bonds. The molecule has 0 aliphatic carbocycles. The molecule has 0 radical (unpaired) electrons. The van der Waals surface area contributed by atoms with Crippen molar-refractivity contribution in [2.75, 3.05) is 5.32 Å². The second kappa shape index (κ2) is 6.04. The third kappa shape index (κ3) is 2.72. The van der Waals surface area contributed by atoms with Gasteiger partial charge in [-0.3, -0.25) is 4.79 Å². The van der Waals surface area contributed by atoms with Crippen LogP contribution in [0.2, 0.25) is 5.02 Å². The second-order valence-corrected chi connectivity index (χ2v) is 6.65. The van der Waals surface area contributed by atoms with Gasteiger partial charge in [-0.1, -0.05) is 35.0 Å². The van der Waals surface area contributed by atoms with E-state index in [4.69, 9.17) is 16.1 Å². The van der Waals surface area contributed by atoms with Crippen LogP contribution in [0.1, 0.15) is 40.5 Å². The minimum absolute atomic E-state index is 0.0431. The SMILES string of the molecule is Cc1noc(C)c1[C@@H]1CC(=O)Nc2c1cnn2Cc1ccccc1Cl. The zero-order chi connectivity index (χ0) is 17.6. The van der Waals surface area contributed by atoms with Crippen LogP contribution in [-0.2, 0) is 11.3 Å². The molecule has 7 heteroatoms. The minimum atomic E-state index is -0.102. The van der Waals surface area contributed by atoms with E-state index in [0.29, 0.717) is 23.8 Å². The third-order valence-electron chi connectivity index (χ3n) is 4.61. The van der Waals surface area contributed by atoms with Crippen LogP contribution in [0, 0.1) is 13.8 Å². The summed E-state index contributed by atoms with van der Waals surface area (Å²) < 4.78 is 7.07. The molecule has 1 aromatic carbocycles. The van der Waals surface area contributed by atoms with Gasteiger partial charge in [-0.2, -0.15) is 5.10 Å². The summed E-state index contributed by atoms with van der Waals surface area (Å²) in [5.74, 6) is 1.30. The van der Waals surface area contributed by atoms with Gasteiger partial charge < -0.3 is 9.84 Å². The molecule has 0 bridgehead atoms. The lowest BCUT2D eigenvalue weighted by molar-refractivity contribution is -0.116. The van der Waals surface area contributed by atoms with E-state index < -0.39 is 0 Å². The fourth-order valence-electron chi connectivity index (χ4n) is 3.42. The number of anilines is 1. The number of benzene rings is 1. The number of aryl methyl sites for hydroxylation is 2. The Morgan fingerprint density at radius 3 is 2.88 bits per heavy atom. The van der Waals surface area contributed by atoms with Crippen molar-refractivity contribution >= 4 is 23.3 Å². The summed E-state index contributed by atoms with van der Waals surface area (Å²) in [5.41, 5.74) is 3.69. The molecule has 0 unspecified atom stereocenters. The van der Waals surface area contributed by atoms with Crippen molar-refractivity contribution in [3.8, 4) is 0 Å². The maximum atomic E-state index is 12.3. The van der Waals surface area contributed by atoms with Gasteiger partial charge >= 0.3 is 0 Å². The third-order valence-corrected chi connectivity index (χ3v) is 4.97. The van der Waals surface area contributed by atoms with Gasteiger partial charge in [0.05, 0.1) is 18.4 Å². The van der Waals surface area contributed by atoms with E-state index in [0.717, 1.165) is 28.1 Å². The van der Waals surface area contributed by atoms with Crippen molar-refractivity contribution in [1.82, 2.24) is 14.9 Å². The van der Waals surface area contributed by atoms with Gasteiger partial charge in [-0.25, -0.2) is 4.68 Å². The summed E-state index contributed by atoms with van der Waals surface area (Å²) in [6.07, 6.45) is 2.16. The van der Waals surface area contributed by atoms with Crippen molar-refractivity contribution in [2.45, 2.75) is 32.7 Å². The summed E-state index contributed by atoms with van der Waals surface area (Å²) in [5, 5.41) is 12.1. The average molecular weight is 357 g/mol. The van der Waals surface area contributed by atoms with Crippen molar-refractivity contribution in [1.29, 1.82) is 0 Å². The van der Waals surface area contributed by atoms with Crippen molar-refractivity contribution in [2.24, 2.45) is 0 Å². The molecule has 1 atom stereocenters. The van der Waals surface area contributed by atoms with Crippen LogP contribution in [0.5, 0.6) is 0 Å². The molecule has 128 valence electrons. The van der Waals surface area contributed by atoms with E-state index in [9.17, 15) is 4.79 Å². The molecule has 4 rings (SSSR count). The van der Waals surface area contributed by atoms with Crippen LogP contribution < -0.4 is 5.32 Å². The number of carbonyl (C=O) groups excluding carboxylic acids is 1. The molecule has 0 spiro atoms. The molecule has 3 heterocycles. The number of aromatic nitrogens is 3. The Bertz CT molecular complexity index is 940. The van der Waals surface area contributed by atoms with Crippen LogP contribution in [-0.4, -0.2) is 20.8 Å². The van der Waals surface area contributed by atoms with Crippen LogP contribution in [0.15, 0.2) is 35.0 Å². The molecule has 0 saturated heterocycles. The van der Waals surface area contributed by atoms with E-state index in [-0.39, 0.29) is 11.8 Å². The highest BCUT2D eigenvalue weighted by Crippen LogP contribution is 2.39.